The first-order valence-electron chi connectivity index (χ1n) is 6.13. The largest absolute Gasteiger partial charge is 0.465 e. The molecule has 6 nitrogen and oxygen atoms in total. The number of amides is 1. The Morgan fingerprint density at radius 3 is 2.60 bits per heavy atom. The summed E-state index contributed by atoms with van der Waals surface area (Å²) in [5.74, 6) is -1.35. The van der Waals surface area contributed by atoms with Crippen molar-refractivity contribution in [3.05, 3.63) is 46.2 Å². The molecule has 2 rings (SSSR count). The van der Waals surface area contributed by atoms with E-state index in [4.69, 9.17) is 10.5 Å². The smallest absolute Gasteiger partial charge is 0.326 e. The van der Waals surface area contributed by atoms with E-state index in [1.807, 2.05) is 0 Å². The minimum absolute atomic E-state index is 0.111. The molecule has 1 aliphatic carbocycles. The molecule has 0 aromatic heterocycles. The lowest BCUT2D eigenvalue weighted by Crippen LogP contribution is -2.27. The van der Waals surface area contributed by atoms with Crippen LogP contribution in [0.1, 0.15) is 17.3 Å². The van der Waals surface area contributed by atoms with Crippen LogP contribution in [0.15, 0.2) is 35.1 Å². The van der Waals surface area contributed by atoms with Crippen LogP contribution in [0.2, 0.25) is 0 Å². The van der Waals surface area contributed by atoms with E-state index >= 15 is 0 Å². The molecule has 20 heavy (non-hydrogen) atoms. The van der Waals surface area contributed by atoms with Crippen LogP contribution in [0.3, 0.4) is 0 Å². The number of primary amides is 1. The van der Waals surface area contributed by atoms with E-state index in [9.17, 15) is 14.4 Å². The molecule has 1 aliphatic heterocycles. The van der Waals surface area contributed by atoms with Crippen molar-refractivity contribution in [2.75, 3.05) is 6.61 Å². The van der Waals surface area contributed by atoms with Crippen LogP contribution in [0.5, 0.6) is 0 Å². The molecular weight excluding hydrogens is 260 g/mol. The number of nitrogens with zero attached hydrogens (tertiary/aromatic N) is 1. The molecule has 0 aromatic rings. The Hall–Kier alpha value is -2.63. The highest BCUT2D eigenvalue weighted by atomic mass is 16.5. The van der Waals surface area contributed by atoms with Crippen molar-refractivity contribution in [2.45, 2.75) is 13.5 Å². The van der Waals surface area contributed by atoms with Gasteiger partial charge in [0.05, 0.1) is 12.3 Å². The third kappa shape index (κ3) is 2.40. The molecule has 0 fully saturated rings. The third-order valence-electron chi connectivity index (χ3n) is 2.87. The summed E-state index contributed by atoms with van der Waals surface area (Å²) < 4.78 is 6.03. The van der Waals surface area contributed by atoms with Crippen molar-refractivity contribution >= 4 is 11.9 Å². The van der Waals surface area contributed by atoms with Gasteiger partial charge in [0, 0.05) is 5.56 Å². The fourth-order valence-electron chi connectivity index (χ4n) is 2.07. The second-order valence-corrected chi connectivity index (χ2v) is 4.15. The second-order valence-electron chi connectivity index (χ2n) is 4.15. The van der Waals surface area contributed by atoms with E-state index in [1.165, 1.54) is 4.57 Å². The molecule has 0 aromatic carbocycles. The first-order chi connectivity index (χ1) is 9.56. The Labute approximate surface area is 115 Å². The van der Waals surface area contributed by atoms with Crippen molar-refractivity contribution in [1.29, 1.82) is 0 Å². The summed E-state index contributed by atoms with van der Waals surface area (Å²) in [4.78, 5) is 35.2. The number of carbonyl (C=O) groups excluding carboxylic acids is 2. The lowest BCUT2D eigenvalue weighted by atomic mass is 10.1. The molecule has 6 heteroatoms. The van der Waals surface area contributed by atoms with E-state index in [-0.39, 0.29) is 18.7 Å². The highest BCUT2D eigenvalue weighted by Gasteiger charge is 2.24. The summed E-state index contributed by atoms with van der Waals surface area (Å²) in [7, 11) is 0. The standard InChI is InChI=1S/C14H14N2O4/c1-2-20-11(17)8-16-10-7-5-3-4-6-9(10)12(13(15)18)14(16)19/h3-7H,2,8H2,1H3,(H2,15,18). The van der Waals surface area contributed by atoms with Crippen LogP contribution in [0.25, 0.3) is 11.3 Å². The molecule has 0 spiro atoms. The number of nitrogens with two attached hydrogens (primary N) is 1. The Balaban J connectivity index is 2.62. The van der Waals surface area contributed by atoms with Gasteiger partial charge in [0.25, 0.3) is 11.5 Å². The molecule has 0 unspecified atom stereocenters. The first kappa shape index (κ1) is 13.8. The van der Waals surface area contributed by atoms with Crippen LogP contribution >= 0.6 is 0 Å². The number of ether oxygens (including phenoxy) is 1. The van der Waals surface area contributed by atoms with Gasteiger partial charge in [0.15, 0.2) is 0 Å². The Morgan fingerprint density at radius 2 is 1.95 bits per heavy atom. The van der Waals surface area contributed by atoms with Gasteiger partial charge in [-0.25, -0.2) is 0 Å². The van der Waals surface area contributed by atoms with Gasteiger partial charge >= 0.3 is 5.97 Å². The SMILES string of the molecule is CCOC(=O)Cn1c2cccccc-2c(C(N)=O)c1=O. The first-order valence-corrected chi connectivity index (χ1v) is 6.13. The van der Waals surface area contributed by atoms with Gasteiger partial charge in [-0.1, -0.05) is 24.3 Å². The molecule has 0 bridgehead atoms. The average molecular weight is 274 g/mol. The van der Waals surface area contributed by atoms with Gasteiger partial charge in [0.2, 0.25) is 0 Å². The second kappa shape index (κ2) is 5.56. The van der Waals surface area contributed by atoms with E-state index in [1.54, 1.807) is 37.3 Å². The van der Waals surface area contributed by atoms with Gasteiger partial charge in [-0.15, -0.1) is 0 Å². The van der Waals surface area contributed by atoms with Crippen LogP contribution in [-0.4, -0.2) is 23.1 Å². The van der Waals surface area contributed by atoms with Crippen molar-refractivity contribution in [3.8, 4) is 11.3 Å². The molecule has 2 aliphatic rings. The van der Waals surface area contributed by atoms with Gasteiger partial charge < -0.3 is 10.5 Å². The Kier molecular flexibility index (Phi) is 3.84. The summed E-state index contributed by atoms with van der Waals surface area (Å²) in [5.41, 5.74) is 5.47. The lowest BCUT2D eigenvalue weighted by molar-refractivity contribution is -0.143. The summed E-state index contributed by atoms with van der Waals surface area (Å²) in [6.45, 7) is 1.65. The zero-order chi connectivity index (χ0) is 14.7. The van der Waals surface area contributed by atoms with E-state index in [0.29, 0.717) is 11.3 Å². The monoisotopic (exact) mass is 274 g/mol. The maximum absolute atomic E-state index is 12.2. The van der Waals surface area contributed by atoms with Crippen molar-refractivity contribution in [3.63, 3.8) is 0 Å². The molecule has 2 N–H and O–H groups in total. The molecule has 0 saturated heterocycles. The maximum atomic E-state index is 12.2. The summed E-state index contributed by atoms with van der Waals surface area (Å²) >= 11 is 0. The average Bonchev–Trinajstić information content (AvgIpc) is 2.55. The maximum Gasteiger partial charge on any atom is 0.326 e. The minimum Gasteiger partial charge on any atom is -0.465 e. The van der Waals surface area contributed by atoms with Gasteiger partial charge in [-0.05, 0) is 13.0 Å². The topological polar surface area (TPSA) is 91.4 Å². The molecule has 104 valence electrons. The van der Waals surface area contributed by atoms with Crippen LogP contribution < -0.4 is 11.3 Å². The summed E-state index contributed by atoms with van der Waals surface area (Å²) in [5, 5.41) is 0. The van der Waals surface area contributed by atoms with E-state index in [2.05, 4.69) is 0 Å². The number of hydrogen-bond acceptors (Lipinski definition) is 4. The van der Waals surface area contributed by atoms with Crippen LogP contribution in [0.4, 0.5) is 0 Å². The molecule has 0 radical (unpaired) electrons. The number of aromatic nitrogens is 1. The lowest BCUT2D eigenvalue weighted by Gasteiger charge is -2.05. The fraction of sp³-hybridized carbons (Fsp3) is 0.214. The van der Waals surface area contributed by atoms with Gasteiger partial charge in [-0.2, -0.15) is 0 Å². The summed E-state index contributed by atoms with van der Waals surface area (Å²) in [6.07, 6.45) is 0. The highest BCUT2D eigenvalue weighted by Crippen LogP contribution is 2.23. The van der Waals surface area contributed by atoms with E-state index in [0.717, 1.165) is 0 Å². The van der Waals surface area contributed by atoms with Crippen LogP contribution in [-0.2, 0) is 16.1 Å². The van der Waals surface area contributed by atoms with Gasteiger partial charge in [0.1, 0.15) is 12.1 Å². The molecule has 0 saturated carbocycles. The normalized spacial score (nSPS) is 10.4. The molecule has 0 atom stereocenters. The van der Waals surface area contributed by atoms with Gasteiger partial charge in [-0.3, -0.25) is 19.0 Å². The predicted molar refractivity (Wildman–Crippen MR) is 72.5 cm³/mol. The van der Waals surface area contributed by atoms with Crippen molar-refractivity contribution in [1.82, 2.24) is 4.57 Å². The quantitative estimate of drug-likeness (QED) is 0.827. The third-order valence-corrected chi connectivity index (χ3v) is 2.87. The Bertz CT molecular complexity index is 690. The molecule has 1 heterocycles. The zero-order valence-electron chi connectivity index (χ0n) is 11.0. The highest BCUT2D eigenvalue weighted by molar-refractivity contribution is 6.00. The minimum atomic E-state index is -0.811. The summed E-state index contributed by atoms with van der Waals surface area (Å²) in [6, 6.07) is 8.45. The number of hydrogen-bond donors (Lipinski definition) is 1. The number of carbonyl (C=O) groups is 2. The van der Waals surface area contributed by atoms with Crippen molar-refractivity contribution in [2.24, 2.45) is 5.73 Å². The number of fused-ring (bicyclic) bond motifs is 1. The Morgan fingerprint density at radius 1 is 1.25 bits per heavy atom. The predicted octanol–water partition coefficient (Wildman–Crippen LogP) is 0.615. The van der Waals surface area contributed by atoms with E-state index < -0.39 is 17.4 Å². The molecular formula is C14H14N2O4. The number of rotatable bonds is 4. The fourth-order valence-corrected chi connectivity index (χ4v) is 2.07. The number of esters is 1. The van der Waals surface area contributed by atoms with Crippen LogP contribution in [0, 0.1) is 0 Å². The van der Waals surface area contributed by atoms with Crippen molar-refractivity contribution < 1.29 is 14.3 Å². The molecule has 1 amide bonds. The zero-order valence-corrected chi connectivity index (χ0v) is 11.0.